The summed E-state index contributed by atoms with van der Waals surface area (Å²) in [5, 5.41) is 11.4. The number of aliphatic carboxylic acids is 1. The van der Waals surface area contributed by atoms with Gasteiger partial charge in [-0.15, -0.1) is 0 Å². The van der Waals surface area contributed by atoms with E-state index in [9.17, 15) is 9.59 Å². The van der Waals surface area contributed by atoms with Crippen LogP contribution in [0.15, 0.2) is 30.3 Å². The van der Waals surface area contributed by atoms with Crippen LogP contribution in [0.1, 0.15) is 31.2 Å². The summed E-state index contributed by atoms with van der Waals surface area (Å²) in [4.78, 5) is 22.2. The maximum Gasteiger partial charge on any atom is 0.407 e. The number of hydrogen-bond acceptors (Lipinski definition) is 4. The van der Waals surface area contributed by atoms with Gasteiger partial charge in [-0.25, -0.2) is 9.59 Å². The fourth-order valence-electron chi connectivity index (χ4n) is 2.49. The Labute approximate surface area is 129 Å². The van der Waals surface area contributed by atoms with Crippen LogP contribution in [-0.2, 0) is 20.9 Å². The molecule has 0 spiro atoms. The highest BCUT2D eigenvalue weighted by molar-refractivity contribution is 5.68. The average Bonchev–Trinajstić information content (AvgIpc) is 2.53. The fraction of sp³-hybridized carbons (Fsp3) is 0.500. The smallest absolute Gasteiger partial charge is 0.407 e. The summed E-state index contributed by atoms with van der Waals surface area (Å²) < 4.78 is 10.4. The molecule has 2 N–H and O–H groups in total. The van der Waals surface area contributed by atoms with Crippen molar-refractivity contribution in [3.63, 3.8) is 0 Å². The van der Waals surface area contributed by atoms with Crippen LogP contribution in [0.2, 0.25) is 0 Å². The number of amides is 1. The van der Waals surface area contributed by atoms with Crippen molar-refractivity contribution in [1.82, 2.24) is 5.32 Å². The summed E-state index contributed by atoms with van der Waals surface area (Å²) in [6, 6.07) is 9.57. The molecule has 0 aromatic heterocycles. The highest BCUT2D eigenvalue weighted by Gasteiger charge is 2.23. The number of ether oxygens (including phenoxy) is 2. The first kappa shape index (κ1) is 16.3. The number of alkyl carbamates (subject to hydrolysis) is 1. The monoisotopic (exact) mass is 307 g/mol. The molecule has 6 heteroatoms. The lowest BCUT2D eigenvalue weighted by Crippen LogP contribution is -2.39. The maximum atomic E-state index is 11.7. The van der Waals surface area contributed by atoms with E-state index in [-0.39, 0.29) is 25.4 Å². The standard InChI is InChI=1S/C16H21NO5/c18-15(19)11-21-14-8-6-13(7-9-14)17-16(20)22-10-12-4-2-1-3-5-12/h1-5,13-14H,6-11H2,(H,17,20)(H,18,19). The van der Waals surface area contributed by atoms with E-state index in [0.717, 1.165) is 31.2 Å². The van der Waals surface area contributed by atoms with Crippen LogP contribution in [-0.4, -0.2) is 35.9 Å². The summed E-state index contributed by atoms with van der Waals surface area (Å²) in [5.41, 5.74) is 0.948. The molecule has 1 aliphatic rings. The summed E-state index contributed by atoms with van der Waals surface area (Å²) in [7, 11) is 0. The SMILES string of the molecule is O=C(O)COC1CCC(NC(=O)OCc2ccccc2)CC1. The molecule has 0 atom stereocenters. The molecule has 2 rings (SSSR count). The first-order valence-corrected chi connectivity index (χ1v) is 7.44. The Morgan fingerprint density at radius 3 is 2.45 bits per heavy atom. The lowest BCUT2D eigenvalue weighted by atomic mass is 9.93. The number of carbonyl (C=O) groups excluding carboxylic acids is 1. The fourth-order valence-corrected chi connectivity index (χ4v) is 2.49. The van der Waals surface area contributed by atoms with Crippen molar-refractivity contribution < 1.29 is 24.2 Å². The zero-order chi connectivity index (χ0) is 15.8. The number of benzene rings is 1. The van der Waals surface area contributed by atoms with Gasteiger partial charge in [0.2, 0.25) is 0 Å². The van der Waals surface area contributed by atoms with Crippen LogP contribution in [0.5, 0.6) is 0 Å². The third-order valence-electron chi connectivity index (χ3n) is 3.65. The second-order valence-electron chi connectivity index (χ2n) is 5.38. The predicted octanol–water partition coefficient (Wildman–Crippen LogP) is 2.33. The third kappa shape index (κ3) is 5.73. The van der Waals surface area contributed by atoms with Crippen molar-refractivity contribution in [1.29, 1.82) is 0 Å². The predicted molar refractivity (Wildman–Crippen MR) is 79.4 cm³/mol. The highest BCUT2D eigenvalue weighted by atomic mass is 16.5. The van der Waals surface area contributed by atoms with E-state index in [1.807, 2.05) is 30.3 Å². The van der Waals surface area contributed by atoms with Gasteiger partial charge in [0.25, 0.3) is 0 Å². The molecule has 1 aromatic carbocycles. The second kappa shape index (κ2) is 8.38. The normalized spacial score (nSPS) is 21.1. The van der Waals surface area contributed by atoms with Crippen molar-refractivity contribution in [2.45, 2.75) is 44.4 Å². The number of carboxylic acids is 1. The van der Waals surface area contributed by atoms with E-state index < -0.39 is 12.1 Å². The molecular weight excluding hydrogens is 286 g/mol. The third-order valence-corrected chi connectivity index (χ3v) is 3.65. The summed E-state index contributed by atoms with van der Waals surface area (Å²) in [6.45, 7) is -0.00831. The molecule has 0 bridgehead atoms. The van der Waals surface area contributed by atoms with E-state index in [0.29, 0.717) is 0 Å². The molecule has 0 heterocycles. The van der Waals surface area contributed by atoms with E-state index in [1.54, 1.807) is 0 Å². The second-order valence-corrected chi connectivity index (χ2v) is 5.38. The molecule has 0 saturated heterocycles. The van der Waals surface area contributed by atoms with Gasteiger partial charge in [-0.1, -0.05) is 30.3 Å². The highest BCUT2D eigenvalue weighted by Crippen LogP contribution is 2.21. The van der Waals surface area contributed by atoms with Crippen molar-refractivity contribution >= 4 is 12.1 Å². The van der Waals surface area contributed by atoms with Crippen molar-refractivity contribution in [2.24, 2.45) is 0 Å². The van der Waals surface area contributed by atoms with Crippen molar-refractivity contribution in [2.75, 3.05) is 6.61 Å². The van der Waals surface area contributed by atoms with E-state index in [1.165, 1.54) is 0 Å². The molecule has 1 aromatic rings. The molecule has 1 amide bonds. The van der Waals surface area contributed by atoms with Crippen LogP contribution in [0.25, 0.3) is 0 Å². The Kier molecular flexibility index (Phi) is 6.21. The van der Waals surface area contributed by atoms with Gasteiger partial charge in [0, 0.05) is 6.04 Å². The molecule has 1 saturated carbocycles. The van der Waals surface area contributed by atoms with Crippen LogP contribution < -0.4 is 5.32 Å². The van der Waals surface area contributed by atoms with E-state index in [4.69, 9.17) is 14.6 Å². The minimum Gasteiger partial charge on any atom is -0.480 e. The number of rotatable bonds is 6. The number of nitrogens with one attached hydrogen (secondary N) is 1. The van der Waals surface area contributed by atoms with Gasteiger partial charge in [0.05, 0.1) is 6.10 Å². The average molecular weight is 307 g/mol. The summed E-state index contributed by atoms with van der Waals surface area (Å²) >= 11 is 0. The van der Waals surface area contributed by atoms with Gasteiger partial charge in [-0.05, 0) is 31.2 Å². The Hall–Kier alpha value is -2.08. The van der Waals surface area contributed by atoms with E-state index in [2.05, 4.69) is 5.32 Å². The molecule has 0 unspecified atom stereocenters. The van der Waals surface area contributed by atoms with Gasteiger partial charge in [0.1, 0.15) is 13.2 Å². The quantitative estimate of drug-likeness (QED) is 0.842. The summed E-state index contributed by atoms with van der Waals surface area (Å²) in [6.07, 6.45) is 2.58. The number of carbonyl (C=O) groups is 2. The zero-order valence-electron chi connectivity index (χ0n) is 12.4. The van der Waals surface area contributed by atoms with Crippen molar-refractivity contribution in [3.8, 4) is 0 Å². The topological polar surface area (TPSA) is 84.9 Å². The van der Waals surface area contributed by atoms with Crippen molar-refractivity contribution in [3.05, 3.63) is 35.9 Å². The van der Waals surface area contributed by atoms with Gasteiger partial charge >= 0.3 is 12.1 Å². The maximum absolute atomic E-state index is 11.7. The molecule has 120 valence electrons. The molecule has 0 radical (unpaired) electrons. The first-order valence-electron chi connectivity index (χ1n) is 7.44. The minimum absolute atomic E-state index is 0.0329. The Morgan fingerprint density at radius 1 is 1.14 bits per heavy atom. The first-order chi connectivity index (χ1) is 10.6. The molecule has 22 heavy (non-hydrogen) atoms. The minimum atomic E-state index is -0.954. The van der Waals surface area contributed by atoms with Crippen LogP contribution in [0.4, 0.5) is 4.79 Å². The van der Waals surface area contributed by atoms with Gasteiger partial charge < -0.3 is 19.9 Å². The van der Waals surface area contributed by atoms with E-state index >= 15 is 0 Å². The number of carboxylic acid groups (broad SMARTS) is 1. The Balaban J connectivity index is 1.63. The molecule has 0 aliphatic heterocycles. The van der Waals surface area contributed by atoms with Gasteiger partial charge in [0.15, 0.2) is 0 Å². The van der Waals surface area contributed by atoms with Gasteiger partial charge in [-0.2, -0.15) is 0 Å². The van der Waals surface area contributed by atoms with Gasteiger partial charge in [-0.3, -0.25) is 0 Å². The Bertz CT molecular complexity index is 483. The Morgan fingerprint density at radius 2 is 1.82 bits per heavy atom. The zero-order valence-corrected chi connectivity index (χ0v) is 12.4. The molecule has 1 aliphatic carbocycles. The molecule has 6 nitrogen and oxygen atoms in total. The molecule has 1 fully saturated rings. The van der Waals surface area contributed by atoms with Crippen LogP contribution in [0.3, 0.4) is 0 Å². The lowest BCUT2D eigenvalue weighted by Gasteiger charge is -2.28. The molecular formula is C16H21NO5. The largest absolute Gasteiger partial charge is 0.480 e. The summed E-state index contributed by atoms with van der Waals surface area (Å²) in [5.74, 6) is -0.954. The van der Waals surface area contributed by atoms with Crippen LogP contribution >= 0.6 is 0 Å². The lowest BCUT2D eigenvalue weighted by molar-refractivity contribution is -0.145. The van der Waals surface area contributed by atoms with Crippen LogP contribution in [0, 0.1) is 0 Å². The number of hydrogen-bond donors (Lipinski definition) is 2.